The highest BCUT2D eigenvalue weighted by Crippen LogP contribution is 2.18. The monoisotopic (exact) mass is 344 g/mol. The normalized spacial score (nSPS) is 10.5. The number of aryl methyl sites for hydroxylation is 1. The van der Waals surface area contributed by atoms with E-state index < -0.39 is 0 Å². The molecule has 0 aliphatic heterocycles. The molecule has 0 atom stereocenters. The lowest BCUT2D eigenvalue weighted by Crippen LogP contribution is -2.21. The van der Waals surface area contributed by atoms with Crippen LogP contribution >= 0.6 is 11.8 Å². The van der Waals surface area contributed by atoms with E-state index >= 15 is 0 Å². The molecule has 0 aliphatic rings. The van der Waals surface area contributed by atoms with Gasteiger partial charge < -0.3 is 15.3 Å². The second-order valence-electron chi connectivity index (χ2n) is 5.72. The van der Waals surface area contributed by atoms with Crippen molar-refractivity contribution in [2.24, 2.45) is 0 Å². The van der Waals surface area contributed by atoms with Crippen molar-refractivity contribution in [1.82, 2.24) is 0 Å². The van der Waals surface area contributed by atoms with Crippen LogP contribution in [0, 0.1) is 6.92 Å². The van der Waals surface area contributed by atoms with E-state index in [-0.39, 0.29) is 12.5 Å². The lowest BCUT2D eigenvalue weighted by atomic mass is 10.2. The summed E-state index contributed by atoms with van der Waals surface area (Å²) < 4.78 is 0. The Labute approximate surface area is 147 Å². The predicted molar refractivity (Wildman–Crippen MR) is 103 cm³/mol. The summed E-state index contributed by atoms with van der Waals surface area (Å²) >= 11 is 1.61. The Balaban J connectivity index is 1.77. The third kappa shape index (κ3) is 5.91. The van der Waals surface area contributed by atoms with E-state index in [0.717, 1.165) is 17.1 Å². The van der Waals surface area contributed by atoms with E-state index in [2.05, 4.69) is 30.4 Å². The van der Waals surface area contributed by atoms with Gasteiger partial charge in [0.1, 0.15) is 0 Å². The molecule has 1 amide bonds. The van der Waals surface area contributed by atoms with Gasteiger partial charge in [-0.3, -0.25) is 4.79 Å². The van der Waals surface area contributed by atoms with Crippen LogP contribution in [0.25, 0.3) is 0 Å². The van der Waals surface area contributed by atoms with Crippen molar-refractivity contribution in [3.05, 3.63) is 59.7 Å². The zero-order valence-electron chi connectivity index (χ0n) is 14.2. The molecule has 0 saturated carbocycles. The van der Waals surface area contributed by atoms with Gasteiger partial charge in [0.05, 0.1) is 12.4 Å². The van der Waals surface area contributed by atoms with Crippen molar-refractivity contribution in [1.29, 1.82) is 0 Å². The number of hydrogen-bond donors (Lipinski definition) is 2. The number of nitrogens with zero attached hydrogens (tertiary/aromatic N) is 1. The minimum Gasteiger partial charge on any atom is -0.395 e. The molecule has 0 heterocycles. The Morgan fingerprint density at radius 1 is 1.21 bits per heavy atom. The molecule has 2 rings (SSSR count). The third-order valence-corrected chi connectivity index (χ3v) is 4.62. The van der Waals surface area contributed by atoms with Crippen molar-refractivity contribution in [3.8, 4) is 0 Å². The van der Waals surface area contributed by atoms with Crippen LogP contribution in [0.1, 0.15) is 11.1 Å². The van der Waals surface area contributed by atoms with Gasteiger partial charge in [0.15, 0.2) is 0 Å². The molecule has 2 N–H and O–H groups in total. The Bertz CT molecular complexity index is 659. The summed E-state index contributed by atoms with van der Waals surface area (Å²) in [7, 11) is 1.92. The SMILES string of the molecule is Cc1cccc(CSCC(=O)Nc2ccc(N(C)CCO)cc2)c1. The maximum atomic E-state index is 12.0. The van der Waals surface area contributed by atoms with E-state index in [1.807, 2.05) is 42.3 Å². The van der Waals surface area contributed by atoms with Gasteiger partial charge in [-0.25, -0.2) is 0 Å². The van der Waals surface area contributed by atoms with Crippen molar-refractivity contribution in [3.63, 3.8) is 0 Å². The molecule has 0 aromatic heterocycles. The summed E-state index contributed by atoms with van der Waals surface area (Å²) in [6.07, 6.45) is 0. The number of rotatable bonds is 8. The van der Waals surface area contributed by atoms with Crippen LogP contribution in [0.5, 0.6) is 0 Å². The van der Waals surface area contributed by atoms with Crippen LogP contribution in [0.2, 0.25) is 0 Å². The number of likely N-dealkylation sites (N-methyl/N-ethyl adjacent to an activating group) is 1. The Morgan fingerprint density at radius 2 is 1.96 bits per heavy atom. The molecule has 0 aliphatic carbocycles. The minimum absolute atomic E-state index is 0.00381. The number of carbonyl (C=O) groups is 1. The average molecular weight is 344 g/mol. The van der Waals surface area contributed by atoms with Crippen molar-refractivity contribution in [2.45, 2.75) is 12.7 Å². The van der Waals surface area contributed by atoms with Gasteiger partial charge in [0, 0.05) is 30.7 Å². The number of anilines is 2. The van der Waals surface area contributed by atoms with Gasteiger partial charge in [-0.15, -0.1) is 11.8 Å². The first-order valence-corrected chi connectivity index (χ1v) is 9.09. The predicted octanol–water partition coefficient (Wildman–Crippen LogP) is 3.30. The summed E-state index contributed by atoms with van der Waals surface area (Å²) in [5, 5.41) is 11.9. The molecule has 0 bridgehead atoms. The van der Waals surface area contributed by atoms with Crippen LogP contribution in [0.4, 0.5) is 11.4 Å². The topological polar surface area (TPSA) is 52.6 Å². The first-order chi connectivity index (χ1) is 11.6. The van der Waals surface area contributed by atoms with Gasteiger partial charge in [-0.2, -0.15) is 0 Å². The number of nitrogens with one attached hydrogen (secondary N) is 1. The number of thioether (sulfide) groups is 1. The summed E-state index contributed by atoms with van der Waals surface area (Å²) in [6, 6.07) is 16.0. The highest BCUT2D eigenvalue weighted by atomic mass is 32.2. The van der Waals surface area contributed by atoms with E-state index in [9.17, 15) is 4.79 Å². The molecule has 128 valence electrons. The Kier molecular flexibility index (Phi) is 7.15. The van der Waals surface area contributed by atoms with E-state index in [1.54, 1.807) is 11.8 Å². The second kappa shape index (κ2) is 9.35. The maximum Gasteiger partial charge on any atom is 0.234 e. The number of carbonyl (C=O) groups excluding carboxylic acids is 1. The molecular weight excluding hydrogens is 320 g/mol. The standard InChI is InChI=1S/C19H24N2O2S/c1-15-4-3-5-16(12-15)13-24-14-19(23)20-17-6-8-18(9-7-17)21(2)10-11-22/h3-9,12,22H,10-11,13-14H2,1-2H3,(H,20,23). The molecule has 0 unspecified atom stereocenters. The molecule has 0 spiro atoms. The molecule has 4 nitrogen and oxygen atoms in total. The van der Waals surface area contributed by atoms with Gasteiger partial charge >= 0.3 is 0 Å². The summed E-state index contributed by atoms with van der Waals surface area (Å²) in [5.41, 5.74) is 4.28. The average Bonchev–Trinajstić information content (AvgIpc) is 2.56. The largest absolute Gasteiger partial charge is 0.395 e. The van der Waals surface area contributed by atoms with E-state index in [4.69, 9.17) is 5.11 Å². The van der Waals surface area contributed by atoms with Gasteiger partial charge in [0.25, 0.3) is 0 Å². The molecule has 0 fully saturated rings. The summed E-state index contributed by atoms with van der Waals surface area (Å²) in [4.78, 5) is 14.0. The fourth-order valence-corrected chi connectivity index (χ4v) is 3.11. The fraction of sp³-hybridized carbons (Fsp3) is 0.316. The van der Waals surface area contributed by atoms with Crippen molar-refractivity contribution < 1.29 is 9.90 Å². The lowest BCUT2D eigenvalue weighted by Gasteiger charge is -2.18. The second-order valence-corrected chi connectivity index (χ2v) is 6.71. The van der Waals surface area contributed by atoms with Gasteiger partial charge in [-0.05, 0) is 36.8 Å². The van der Waals surface area contributed by atoms with Crippen molar-refractivity contribution in [2.75, 3.05) is 36.2 Å². The van der Waals surface area contributed by atoms with Crippen molar-refractivity contribution >= 4 is 29.0 Å². The molecule has 0 radical (unpaired) electrons. The summed E-state index contributed by atoms with van der Waals surface area (Å²) in [5.74, 6) is 1.27. The van der Waals surface area contributed by atoms with Crippen LogP contribution in [-0.4, -0.2) is 37.0 Å². The number of benzene rings is 2. The fourth-order valence-electron chi connectivity index (χ4n) is 2.34. The molecule has 2 aromatic rings. The molecular formula is C19H24N2O2S. The number of aliphatic hydroxyl groups excluding tert-OH is 1. The molecule has 2 aromatic carbocycles. The molecule has 5 heteroatoms. The zero-order chi connectivity index (χ0) is 17.4. The number of amides is 1. The Hall–Kier alpha value is -1.98. The highest BCUT2D eigenvalue weighted by molar-refractivity contribution is 7.99. The van der Waals surface area contributed by atoms with E-state index in [1.165, 1.54) is 11.1 Å². The third-order valence-electron chi connectivity index (χ3n) is 3.61. The van der Waals surface area contributed by atoms with Crippen LogP contribution in [-0.2, 0) is 10.5 Å². The van der Waals surface area contributed by atoms with Crippen LogP contribution in [0.3, 0.4) is 0 Å². The first-order valence-electron chi connectivity index (χ1n) is 7.93. The first kappa shape index (κ1) is 18.4. The zero-order valence-corrected chi connectivity index (χ0v) is 15.0. The maximum absolute atomic E-state index is 12.0. The highest BCUT2D eigenvalue weighted by Gasteiger charge is 2.05. The smallest absolute Gasteiger partial charge is 0.234 e. The molecule has 0 saturated heterocycles. The number of aliphatic hydroxyl groups is 1. The van der Waals surface area contributed by atoms with Gasteiger partial charge in [0.2, 0.25) is 5.91 Å². The minimum atomic E-state index is 0.00381. The van der Waals surface area contributed by atoms with Crippen LogP contribution < -0.4 is 10.2 Å². The van der Waals surface area contributed by atoms with Gasteiger partial charge in [-0.1, -0.05) is 29.8 Å². The molecule has 24 heavy (non-hydrogen) atoms. The summed E-state index contributed by atoms with van der Waals surface area (Å²) in [6.45, 7) is 2.77. The quantitative estimate of drug-likeness (QED) is 0.771. The number of hydrogen-bond acceptors (Lipinski definition) is 4. The van der Waals surface area contributed by atoms with E-state index in [0.29, 0.717) is 12.3 Å². The lowest BCUT2D eigenvalue weighted by molar-refractivity contribution is -0.113. The van der Waals surface area contributed by atoms with Crippen LogP contribution in [0.15, 0.2) is 48.5 Å². The Morgan fingerprint density at radius 3 is 2.62 bits per heavy atom.